The Morgan fingerprint density at radius 3 is 2.90 bits per heavy atom. The summed E-state index contributed by atoms with van der Waals surface area (Å²) in [7, 11) is 1.84. The second-order valence-corrected chi connectivity index (χ2v) is 5.31. The quantitative estimate of drug-likeness (QED) is 0.857. The number of benzene rings is 1. The number of likely N-dealkylation sites (N-methyl/N-ethyl adjacent to an activating group) is 1. The van der Waals surface area contributed by atoms with Crippen LogP contribution in [0.2, 0.25) is 0 Å². The molecule has 1 aromatic heterocycles. The third kappa shape index (κ3) is 3.13. The van der Waals surface area contributed by atoms with Gasteiger partial charge >= 0.3 is 0 Å². The van der Waals surface area contributed by atoms with Crippen molar-refractivity contribution in [1.29, 1.82) is 0 Å². The minimum Gasteiger partial charge on any atom is -0.356 e. The molecule has 1 aromatic carbocycles. The molecule has 5 heteroatoms. The Balaban J connectivity index is 1.65. The maximum Gasteiger partial charge on any atom is 0.228 e. The zero-order valence-corrected chi connectivity index (χ0v) is 12.2. The number of carbonyl (C=O) groups excluding carboxylic acids is 1. The van der Waals surface area contributed by atoms with Gasteiger partial charge in [-0.2, -0.15) is 0 Å². The molecule has 0 unspecified atom stereocenters. The molecule has 0 N–H and O–H groups in total. The molecular formula is C16H19N3O2. The first-order valence-electron chi connectivity index (χ1n) is 7.12. The zero-order chi connectivity index (χ0) is 14.7. The highest BCUT2D eigenvalue weighted by Gasteiger charge is 2.21. The van der Waals surface area contributed by atoms with Crippen molar-refractivity contribution in [1.82, 2.24) is 14.5 Å². The average molecular weight is 285 g/mol. The number of amides is 1. The van der Waals surface area contributed by atoms with Crippen LogP contribution in [0.5, 0.6) is 0 Å². The fraction of sp³-hybridized carbons (Fsp3) is 0.375. The van der Waals surface area contributed by atoms with Crippen LogP contribution < -0.4 is 0 Å². The number of rotatable bonds is 4. The Hall–Kier alpha value is -2.14. The second kappa shape index (κ2) is 6.10. The van der Waals surface area contributed by atoms with Gasteiger partial charge in [-0.15, -0.1) is 0 Å². The number of ether oxygens (including phenoxy) is 1. The van der Waals surface area contributed by atoms with Gasteiger partial charge in [0.25, 0.3) is 0 Å². The molecule has 1 amide bonds. The number of carbonyl (C=O) groups is 1. The molecule has 110 valence electrons. The van der Waals surface area contributed by atoms with Crippen molar-refractivity contribution in [2.45, 2.75) is 26.2 Å². The highest BCUT2D eigenvalue weighted by molar-refractivity contribution is 5.78. The summed E-state index contributed by atoms with van der Waals surface area (Å²) in [6.45, 7) is 1.71. The molecule has 0 saturated carbocycles. The summed E-state index contributed by atoms with van der Waals surface area (Å²) in [5, 5.41) is 0. The Morgan fingerprint density at radius 1 is 1.29 bits per heavy atom. The van der Waals surface area contributed by atoms with Crippen LogP contribution in [0.1, 0.15) is 17.0 Å². The normalized spacial score (nSPS) is 14.9. The zero-order valence-electron chi connectivity index (χ0n) is 12.2. The Kier molecular flexibility index (Phi) is 4.01. The number of hydrogen-bond acceptors (Lipinski definition) is 3. The first-order chi connectivity index (χ1) is 10.2. The Morgan fingerprint density at radius 2 is 2.10 bits per heavy atom. The molecule has 2 aromatic rings. The second-order valence-electron chi connectivity index (χ2n) is 5.31. The summed E-state index contributed by atoms with van der Waals surface area (Å²) in [4.78, 5) is 18.1. The SMILES string of the molecule is CN1CCc2ncn(COCc3ccccc3)c2CC1=O. The highest BCUT2D eigenvalue weighted by atomic mass is 16.5. The van der Waals surface area contributed by atoms with E-state index in [9.17, 15) is 4.79 Å². The van der Waals surface area contributed by atoms with Crippen LogP contribution in [0.25, 0.3) is 0 Å². The van der Waals surface area contributed by atoms with Gasteiger partial charge in [0, 0.05) is 20.0 Å². The van der Waals surface area contributed by atoms with E-state index in [4.69, 9.17) is 4.74 Å². The lowest BCUT2D eigenvalue weighted by atomic mass is 10.2. The van der Waals surface area contributed by atoms with E-state index in [1.807, 2.05) is 41.9 Å². The van der Waals surface area contributed by atoms with E-state index >= 15 is 0 Å². The number of hydrogen-bond donors (Lipinski definition) is 0. The summed E-state index contributed by atoms with van der Waals surface area (Å²) in [6, 6.07) is 10.0. The summed E-state index contributed by atoms with van der Waals surface area (Å²) < 4.78 is 7.67. The molecule has 1 aliphatic heterocycles. The lowest BCUT2D eigenvalue weighted by Crippen LogP contribution is -2.28. The number of imidazole rings is 1. The minimum absolute atomic E-state index is 0.138. The van der Waals surface area contributed by atoms with Crippen molar-refractivity contribution in [3.8, 4) is 0 Å². The van der Waals surface area contributed by atoms with E-state index in [0.717, 1.165) is 29.9 Å². The molecule has 0 radical (unpaired) electrons. The predicted molar refractivity (Wildman–Crippen MR) is 78.5 cm³/mol. The maximum absolute atomic E-state index is 12.0. The van der Waals surface area contributed by atoms with Gasteiger partial charge in [0.05, 0.1) is 30.7 Å². The summed E-state index contributed by atoms with van der Waals surface area (Å²) in [6.07, 6.45) is 2.98. The fourth-order valence-electron chi connectivity index (χ4n) is 2.49. The standard InChI is InChI=1S/C16H19N3O2/c1-18-8-7-14-15(9-16(18)20)19(11-17-14)12-21-10-13-5-3-2-4-6-13/h2-6,11H,7-10,12H2,1H3. The van der Waals surface area contributed by atoms with E-state index in [-0.39, 0.29) is 5.91 Å². The molecule has 2 heterocycles. The lowest BCUT2D eigenvalue weighted by molar-refractivity contribution is -0.129. The summed E-state index contributed by atoms with van der Waals surface area (Å²) in [5.74, 6) is 0.138. The third-order valence-electron chi connectivity index (χ3n) is 3.80. The van der Waals surface area contributed by atoms with Gasteiger partial charge < -0.3 is 14.2 Å². The van der Waals surface area contributed by atoms with E-state index < -0.39 is 0 Å². The third-order valence-corrected chi connectivity index (χ3v) is 3.80. The fourth-order valence-corrected chi connectivity index (χ4v) is 2.49. The van der Waals surface area contributed by atoms with Gasteiger partial charge in [-0.05, 0) is 5.56 Å². The van der Waals surface area contributed by atoms with E-state index in [1.165, 1.54) is 0 Å². The maximum atomic E-state index is 12.0. The largest absolute Gasteiger partial charge is 0.356 e. The van der Waals surface area contributed by atoms with Crippen LogP contribution in [0.4, 0.5) is 0 Å². The van der Waals surface area contributed by atoms with Crippen molar-refractivity contribution in [3.63, 3.8) is 0 Å². The van der Waals surface area contributed by atoms with Crippen LogP contribution in [0, 0.1) is 0 Å². The predicted octanol–water partition coefficient (Wildman–Crippen LogP) is 1.61. The highest BCUT2D eigenvalue weighted by Crippen LogP contribution is 2.15. The molecule has 3 rings (SSSR count). The van der Waals surface area contributed by atoms with E-state index in [0.29, 0.717) is 19.8 Å². The van der Waals surface area contributed by atoms with Crippen LogP contribution in [0.3, 0.4) is 0 Å². The number of aromatic nitrogens is 2. The van der Waals surface area contributed by atoms with Crippen molar-refractivity contribution < 1.29 is 9.53 Å². The Bertz CT molecular complexity index is 622. The van der Waals surface area contributed by atoms with Gasteiger partial charge in [0.15, 0.2) is 0 Å². The monoisotopic (exact) mass is 285 g/mol. The van der Waals surface area contributed by atoms with E-state index in [1.54, 1.807) is 11.2 Å². The van der Waals surface area contributed by atoms with Gasteiger partial charge in [0.2, 0.25) is 5.91 Å². The van der Waals surface area contributed by atoms with Crippen LogP contribution in [0.15, 0.2) is 36.7 Å². The van der Waals surface area contributed by atoms with Gasteiger partial charge in [-0.1, -0.05) is 30.3 Å². The van der Waals surface area contributed by atoms with Crippen LogP contribution >= 0.6 is 0 Å². The molecule has 1 aliphatic rings. The molecule has 5 nitrogen and oxygen atoms in total. The molecule has 0 spiro atoms. The van der Waals surface area contributed by atoms with Crippen molar-refractivity contribution >= 4 is 5.91 Å². The minimum atomic E-state index is 0.138. The van der Waals surface area contributed by atoms with Gasteiger partial charge in [-0.3, -0.25) is 4.79 Å². The van der Waals surface area contributed by atoms with Crippen LogP contribution in [-0.2, 0) is 35.7 Å². The first kappa shape index (κ1) is 13.8. The van der Waals surface area contributed by atoms with Crippen molar-refractivity contribution in [2.75, 3.05) is 13.6 Å². The Labute approximate surface area is 124 Å². The lowest BCUT2D eigenvalue weighted by Gasteiger charge is -2.13. The van der Waals surface area contributed by atoms with Gasteiger partial charge in [0.1, 0.15) is 6.73 Å². The molecule has 0 atom stereocenters. The average Bonchev–Trinajstić information content (AvgIpc) is 2.81. The smallest absolute Gasteiger partial charge is 0.228 e. The number of fused-ring (bicyclic) bond motifs is 1. The molecule has 0 fully saturated rings. The van der Waals surface area contributed by atoms with Crippen molar-refractivity contribution in [3.05, 3.63) is 53.6 Å². The number of nitrogens with zero attached hydrogens (tertiary/aromatic N) is 3. The van der Waals surface area contributed by atoms with E-state index in [2.05, 4.69) is 4.98 Å². The molecule has 21 heavy (non-hydrogen) atoms. The summed E-state index contributed by atoms with van der Waals surface area (Å²) >= 11 is 0. The first-order valence-corrected chi connectivity index (χ1v) is 7.12. The molecule has 0 saturated heterocycles. The molecular weight excluding hydrogens is 266 g/mol. The van der Waals surface area contributed by atoms with Gasteiger partial charge in [-0.25, -0.2) is 4.98 Å². The summed E-state index contributed by atoms with van der Waals surface area (Å²) in [5.41, 5.74) is 3.13. The van der Waals surface area contributed by atoms with Crippen LogP contribution in [-0.4, -0.2) is 34.0 Å². The molecule has 0 bridgehead atoms. The molecule has 0 aliphatic carbocycles. The topological polar surface area (TPSA) is 47.4 Å². The van der Waals surface area contributed by atoms with Crippen molar-refractivity contribution in [2.24, 2.45) is 0 Å².